The van der Waals surface area contributed by atoms with Crippen LogP contribution in [-0.2, 0) is 4.74 Å². The van der Waals surface area contributed by atoms with Crippen molar-refractivity contribution in [2.24, 2.45) is 0 Å². The molecule has 1 unspecified atom stereocenters. The van der Waals surface area contributed by atoms with E-state index in [2.05, 4.69) is 15.5 Å². The van der Waals surface area contributed by atoms with Gasteiger partial charge in [0.2, 0.25) is 5.89 Å². The first-order valence-corrected chi connectivity index (χ1v) is 7.05. The third-order valence-corrected chi connectivity index (χ3v) is 3.88. The molecule has 2 aliphatic heterocycles. The molecule has 2 aliphatic rings. The first-order chi connectivity index (χ1) is 9.58. The Bertz CT molecular complexity index is 494. The topological polar surface area (TPSA) is 80.5 Å². The number of carbonyl (C=O) groups excluding carboxylic acids is 1. The third kappa shape index (κ3) is 2.43. The second kappa shape index (κ2) is 5.14. The first-order valence-electron chi connectivity index (χ1n) is 7.05. The van der Waals surface area contributed by atoms with Gasteiger partial charge in [0.1, 0.15) is 0 Å². The monoisotopic (exact) mass is 280 g/mol. The van der Waals surface area contributed by atoms with E-state index in [9.17, 15) is 4.79 Å². The van der Waals surface area contributed by atoms with Crippen molar-refractivity contribution in [2.45, 2.75) is 38.3 Å². The van der Waals surface area contributed by atoms with Crippen LogP contribution in [-0.4, -0.2) is 52.8 Å². The van der Waals surface area contributed by atoms with E-state index in [0.29, 0.717) is 25.6 Å². The number of aromatic nitrogens is 2. The lowest BCUT2D eigenvalue weighted by atomic mass is 10.0. The third-order valence-electron chi connectivity index (χ3n) is 3.88. The smallest absolute Gasteiger partial charge is 0.295 e. The van der Waals surface area contributed by atoms with Gasteiger partial charge in [-0.1, -0.05) is 5.16 Å². The van der Waals surface area contributed by atoms with Gasteiger partial charge in [-0.05, 0) is 33.2 Å². The average molecular weight is 280 g/mol. The van der Waals surface area contributed by atoms with E-state index in [0.717, 1.165) is 19.4 Å². The van der Waals surface area contributed by atoms with Crippen LogP contribution in [0.1, 0.15) is 49.2 Å². The minimum atomic E-state index is -0.346. The Balaban J connectivity index is 1.76. The molecule has 0 saturated carbocycles. The number of carbonyl (C=O) groups is 1. The summed E-state index contributed by atoms with van der Waals surface area (Å²) in [7, 11) is 0. The van der Waals surface area contributed by atoms with Crippen LogP contribution in [0.4, 0.5) is 0 Å². The Labute approximate surface area is 117 Å². The molecule has 7 heteroatoms. The molecule has 3 heterocycles. The van der Waals surface area contributed by atoms with Crippen LogP contribution in [0.3, 0.4) is 0 Å². The van der Waals surface area contributed by atoms with Crippen LogP contribution in [0.5, 0.6) is 0 Å². The lowest BCUT2D eigenvalue weighted by molar-refractivity contribution is -0.0376. The van der Waals surface area contributed by atoms with Crippen LogP contribution < -0.4 is 5.32 Å². The van der Waals surface area contributed by atoms with Gasteiger partial charge in [0.25, 0.3) is 11.7 Å². The number of morpholine rings is 1. The van der Waals surface area contributed by atoms with Gasteiger partial charge in [-0.2, -0.15) is 4.98 Å². The summed E-state index contributed by atoms with van der Waals surface area (Å²) < 4.78 is 10.6. The van der Waals surface area contributed by atoms with Gasteiger partial charge in [-0.3, -0.25) is 4.79 Å². The molecule has 0 aliphatic carbocycles. The van der Waals surface area contributed by atoms with E-state index in [1.165, 1.54) is 0 Å². The van der Waals surface area contributed by atoms with Crippen LogP contribution in [0, 0.1) is 0 Å². The molecular weight excluding hydrogens is 260 g/mol. The molecule has 0 aromatic carbocycles. The number of nitrogens with zero attached hydrogens (tertiary/aromatic N) is 3. The summed E-state index contributed by atoms with van der Waals surface area (Å²) >= 11 is 0. The minimum absolute atomic E-state index is 0.0850. The highest BCUT2D eigenvalue weighted by molar-refractivity contribution is 5.91. The molecule has 1 amide bonds. The second-order valence-corrected chi connectivity index (χ2v) is 5.93. The standard InChI is InChI=1S/C13H20N4O3/c1-13(2)8-19-7-6-17(13)12(18)10-15-11(20-16-10)9-4-3-5-14-9/h9,14H,3-8H2,1-2H3. The van der Waals surface area contributed by atoms with Crippen molar-refractivity contribution in [2.75, 3.05) is 26.3 Å². The molecule has 0 bridgehead atoms. The molecule has 2 fully saturated rings. The second-order valence-electron chi connectivity index (χ2n) is 5.93. The van der Waals surface area contributed by atoms with Crippen molar-refractivity contribution in [3.05, 3.63) is 11.7 Å². The fraction of sp³-hybridized carbons (Fsp3) is 0.769. The molecule has 1 atom stereocenters. The van der Waals surface area contributed by atoms with Gasteiger partial charge in [0.05, 0.1) is 24.8 Å². The van der Waals surface area contributed by atoms with E-state index in [-0.39, 0.29) is 23.3 Å². The van der Waals surface area contributed by atoms with E-state index in [1.807, 2.05) is 13.8 Å². The van der Waals surface area contributed by atoms with Crippen molar-refractivity contribution in [3.63, 3.8) is 0 Å². The van der Waals surface area contributed by atoms with Crippen molar-refractivity contribution in [1.29, 1.82) is 0 Å². The number of nitrogens with one attached hydrogen (secondary N) is 1. The number of hydrogen-bond acceptors (Lipinski definition) is 6. The number of rotatable bonds is 2. The van der Waals surface area contributed by atoms with Gasteiger partial charge in [0, 0.05) is 6.54 Å². The molecule has 1 aromatic heterocycles. The summed E-state index contributed by atoms with van der Waals surface area (Å²) in [6.07, 6.45) is 2.06. The maximum atomic E-state index is 12.5. The Kier molecular flexibility index (Phi) is 3.47. The van der Waals surface area contributed by atoms with Gasteiger partial charge in [-0.15, -0.1) is 0 Å². The summed E-state index contributed by atoms with van der Waals surface area (Å²) in [4.78, 5) is 18.5. The minimum Gasteiger partial charge on any atom is -0.377 e. The lowest BCUT2D eigenvalue weighted by Crippen LogP contribution is -2.55. The van der Waals surface area contributed by atoms with Crippen molar-refractivity contribution in [3.8, 4) is 0 Å². The molecule has 3 rings (SSSR count). The highest BCUT2D eigenvalue weighted by atomic mass is 16.5. The summed E-state index contributed by atoms with van der Waals surface area (Å²) in [5, 5.41) is 7.12. The maximum absolute atomic E-state index is 12.5. The Morgan fingerprint density at radius 1 is 1.50 bits per heavy atom. The first kappa shape index (κ1) is 13.5. The number of amides is 1. The van der Waals surface area contributed by atoms with Crippen LogP contribution in [0.15, 0.2) is 4.52 Å². The van der Waals surface area contributed by atoms with Gasteiger partial charge in [-0.25, -0.2) is 0 Å². The lowest BCUT2D eigenvalue weighted by Gasteiger charge is -2.41. The molecule has 110 valence electrons. The van der Waals surface area contributed by atoms with Crippen LogP contribution in [0.25, 0.3) is 0 Å². The average Bonchev–Trinajstić information content (AvgIpc) is 3.08. The molecule has 1 aromatic rings. The van der Waals surface area contributed by atoms with Crippen molar-refractivity contribution < 1.29 is 14.1 Å². The van der Waals surface area contributed by atoms with E-state index in [1.54, 1.807) is 4.90 Å². The molecule has 0 spiro atoms. The fourth-order valence-corrected chi connectivity index (χ4v) is 2.71. The molecule has 2 saturated heterocycles. The maximum Gasteiger partial charge on any atom is 0.295 e. The van der Waals surface area contributed by atoms with Gasteiger partial charge in [0.15, 0.2) is 0 Å². The van der Waals surface area contributed by atoms with Crippen molar-refractivity contribution in [1.82, 2.24) is 20.4 Å². The molecule has 20 heavy (non-hydrogen) atoms. The summed E-state index contributed by atoms with van der Waals surface area (Å²) in [5.41, 5.74) is -0.346. The highest BCUT2D eigenvalue weighted by Crippen LogP contribution is 2.23. The fourth-order valence-electron chi connectivity index (χ4n) is 2.71. The predicted molar refractivity (Wildman–Crippen MR) is 70.2 cm³/mol. The van der Waals surface area contributed by atoms with Crippen LogP contribution >= 0.6 is 0 Å². The Hall–Kier alpha value is -1.47. The van der Waals surface area contributed by atoms with E-state index >= 15 is 0 Å². The van der Waals surface area contributed by atoms with Gasteiger partial charge >= 0.3 is 0 Å². The quantitative estimate of drug-likeness (QED) is 0.861. The van der Waals surface area contributed by atoms with Gasteiger partial charge < -0.3 is 19.5 Å². The molecule has 7 nitrogen and oxygen atoms in total. The predicted octanol–water partition coefficient (Wildman–Crippen LogP) is 0.745. The van der Waals surface area contributed by atoms with Crippen LogP contribution in [0.2, 0.25) is 0 Å². The van der Waals surface area contributed by atoms with E-state index < -0.39 is 0 Å². The molecular formula is C13H20N4O3. The SMILES string of the molecule is CC1(C)COCCN1C(=O)c1noc(C2CCCN2)n1. The molecule has 1 N–H and O–H groups in total. The Morgan fingerprint density at radius 2 is 2.35 bits per heavy atom. The normalized spacial score (nSPS) is 25.9. The zero-order valence-electron chi connectivity index (χ0n) is 11.9. The zero-order valence-corrected chi connectivity index (χ0v) is 11.9. The van der Waals surface area contributed by atoms with E-state index in [4.69, 9.17) is 9.26 Å². The zero-order chi connectivity index (χ0) is 14.2. The summed E-state index contributed by atoms with van der Waals surface area (Å²) in [5.74, 6) is 0.465. The van der Waals surface area contributed by atoms with Crippen molar-refractivity contribution >= 4 is 5.91 Å². The Morgan fingerprint density at radius 3 is 3.05 bits per heavy atom. The molecule has 0 radical (unpaired) electrons. The summed E-state index contributed by atoms with van der Waals surface area (Å²) in [6, 6.07) is 0.0850. The number of ether oxygens (including phenoxy) is 1. The number of hydrogen-bond donors (Lipinski definition) is 1. The highest BCUT2D eigenvalue weighted by Gasteiger charge is 2.37. The summed E-state index contributed by atoms with van der Waals surface area (Å²) in [6.45, 7) is 6.52. The largest absolute Gasteiger partial charge is 0.377 e.